The van der Waals surface area contributed by atoms with Crippen LogP contribution in [-0.2, 0) is 10.0 Å². The molecule has 0 radical (unpaired) electrons. The Morgan fingerprint density at radius 2 is 1.63 bits per heavy atom. The van der Waals surface area contributed by atoms with E-state index >= 15 is 0 Å². The first-order chi connectivity index (χ1) is 14.4. The Morgan fingerprint density at radius 1 is 1.00 bits per heavy atom. The van der Waals surface area contributed by atoms with Gasteiger partial charge in [-0.1, -0.05) is 37.3 Å². The average Bonchev–Trinajstić information content (AvgIpc) is 3.49. The maximum atomic E-state index is 12.8. The number of nitrogens with zero attached hydrogens (tertiary/aromatic N) is 1. The fraction of sp³-hybridized carbons (Fsp3) is 0.217. The van der Waals surface area contributed by atoms with Crippen LogP contribution in [0.3, 0.4) is 0 Å². The van der Waals surface area contributed by atoms with Crippen LogP contribution in [0.15, 0.2) is 84.0 Å². The highest BCUT2D eigenvalue weighted by molar-refractivity contribution is 7.92. The van der Waals surface area contributed by atoms with Crippen molar-refractivity contribution < 1.29 is 13.2 Å². The Kier molecular flexibility index (Phi) is 5.55. The molecule has 1 saturated carbocycles. The lowest BCUT2D eigenvalue weighted by Crippen LogP contribution is -2.30. The number of aromatic nitrogens is 1. The summed E-state index contributed by atoms with van der Waals surface area (Å²) in [6.45, 7) is 2.18. The van der Waals surface area contributed by atoms with Crippen molar-refractivity contribution >= 4 is 21.6 Å². The third-order valence-corrected chi connectivity index (χ3v) is 6.80. The molecule has 6 nitrogen and oxygen atoms in total. The van der Waals surface area contributed by atoms with Gasteiger partial charge in [-0.15, -0.1) is 0 Å². The van der Waals surface area contributed by atoms with E-state index in [0.29, 0.717) is 23.1 Å². The highest BCUT2D eigenvalue weighted by atomic mass is 32.2. The number of amides is 1. The molecule has 3 unspecified atom stereocenters. The minimum Gasteiger partial charge on any atom is -0.345 e. The average molecular weight is 422 g/mol. The van der Waals surface area contributed by atoms with Gasteiger partial charge in [-0.2, -0.15) is 0 Å². The predicted octanol–water partition coefficient (Wildman–Crippen LogP) is 4.01. The Bertz CT molecular complexity index is 1120. The Balaban J connectivity index is 1.48. The predicted molar refractivity (Wildman–Crippen MR) is 115 cm³/mol. The third-order valence-electron chi connectivity index (χ3n) is 5.40. The van der Waals surface area contributed by atoms with Crippen molar-refractivity contribution in [3.63, 3.8) is 0 Å². The first-order valence-electron chi connectivity index (χ1n) is 9.83. The Hall–Kier alpha value is -3.19. The summed E-state index contributed by atoms with van der Waals surface area (Å²) in [5, 5.41) is 3.13. The fourth-order valence-electron chi connectivity index (χ4n) is 3.56. The number of hydrogen-bond acceptors (Lipinski definition) is 4. The van der Waals surface area contributed by atoms with Gasteiger partial charge in [-0.25, -0.2) is 8.42 Å². The molecule has 154 valence electrons. The summed E-state index contributed by atoms with van der Waals surface area (Å²) in [5.41, 5.74) is 1.93. The van der Waals surface area contributed by atoms with Crippen LogP contribution in [-0.4, -0.2) is 19.3 Å². The molecule has 0 saturated heterocycles. The maximum absolute atomic E-state index is 12.8. The summed E-state index contributed by atoms with van der Waals surface area (Å²) in [6.07, 6.45) is 4.10. The monoisotopic (exact) mass is 421 g/mol. The van der Waals surface area contributed by atoms with Crippen LogP contribution in [0.1, 0.15) is 35.3 Å². The lowest BCUT2D eigenvalue weighted by molar-refractivity contribution is 0.0930. The number of pyridine rings is 1. The second-order valence-electron chi connectivity index (χ2n) is 7.60. The molecule has 1 aliphatic carbocycles. The van der Waals surface area contributed by atoms with Gasteiger partial charge < -0.3 is 5.32 Å². The van der Waals surface area contributed by atoms with E-state index in [1.807, 2.05) is 30.3 Å². The van der Waals surface area contributed by atoms with Crippen molar-refractivity contribution in [1.29, 1.82) is 0 Å². The molecule has 3 aromatic rings. The van der Waals surface area contributed by atoms with Crippen LogP contribution in [0.25, 0.3) is 0 Å². The molecule has 1 heterocycles. The number of benzene rings is 2. The molecule has 1 amide bonds. The molecule has 1 aromatic heterocycles. The number of rotatable bonds is 7. The third kappa shape index (κ3) is 4.52. The molecule has 7 heteroatoms. The molecular weight excluding hydrogens is 398 g/mol. The van der Waals surface area contributed by atoms with E-state index in [9.17, 15) is 13.2 Å². The van der Waals surface area contributed by atoms with E-state index in [4.69, 9.17) is 0 Å². The van der Waals surface area contributed by atoms with Crippen molar-refractivity contribution in [3.8, 4) is 0 Å². The summed E-state index contributed by atoms with van der Waals surface area (Å²) in [7, 11) is -3.74. The summed E-state index contributed by atoms with van der Waals surface area (Å²) in [4.78, 5) is 16.8. The molecule has 4 rings (SSSR count). The first kappa shape index (κ1) is 20.1. The molecule has 0 aliphatic heterocycles. The van der Waals surface area contributed by atoms with Crippen molar-refractivity contribution in [3.05, 3.63) is 90.3 Å². The second-order valence-corrected chi connectivity index (χ2v) is 9.29. The summed E-state index contributed by atoms with van der Waals surface area (Å²) < 4.78 is 27.6. The lowest BCUT2D eigenvalue weighted by atomic mass is 10.0. The summed E-state index contributed by atoms with van der Waals surface area (Å²) in [5.74, 6) is 0.775. The molecule has 30 heavy (non-hydrogen) atoms. The second kappa shape index (κ2) is 8.28. The van der Waals surface area contributed by atoms with E-state index < -0.39 is 10.0 Å². The normalized spacial score (nSPS) is 19.0. The molecule has 0 bridgehead atoms. The maximum Gasteiger partial charge on any atom is 0.261 e. The van der Waals surface area contributed by atoms with Crippen LogP contribution in [0.2, 0.25) is 0 Å². The number of sulfonamides is 1. The molecule has 3 atom stereocenters. The molecule has 2 aromatic carbocycles. The van der Waals surface area contributed by atoms with Gasteiger partial charge in [0.25, 0.3) is 15.9 Å². The molecular formula is C23H23N3O3S. The lowest BCUT2D eigenvalue weighted by Gasteiger charge is -2.19. The van der Waals surface area contributed by atoms with Crippen molar-refractivity contribution in [2.24, 2.45) is 11.8 Å². The number of carbonyl (C=O) groups is 1. The minimum atomic E-state index is -3.74. The largest absolute Gasteiger partial charge is 0.345 e. The number of carbonyl (C=O) groups excluding carboxylic acids is 1. The van der Waals surface area contributed by atoms with Gasteiger partial charge in [0.05, 0.1) is 16.6 Å². The highest BCUT2D eigenvalue weighted by Gasteiger charge is 2.41. The van der Waals surface area contributed by atoms with Gasteiger partial charge in [0.1, 0.15) is 0 Å². The number of hydrogen-bond donors (Lipinski definition) is 2. The van der Waals surface area contributed by atoms with Gasteiger partial charge >= 0.3 is 0 Å². The molecule has 1 fully saturated rings. The van der Waals surface area contributed by atoms with Crippen molar-refractivity contribution in [2.75, 3.05) is 4.72 Å². The van der Waals surface area contributed by atoms with E-state index in [1.165, 1.54) is 36.7 Å². The zero-order valence-electron chi connectivity index (χ0n) is 16.5. The van der Waals surface area contributed by atoms with Crippen LogP contribution < -0.4 is 10.0 Å². The van der Waals surface area contributed by atoms with Crippen LogP contribution in [0, 0.1) is 11.8 Å². The summed E-state index contributed by atoms with van der Waals surface area (Å²) in [6, 6.07) is 19.0. The standard InChI is InChI=1S/C23H23N3O3S/c1-16-15-21(16)22(17-5-3-2-4-6-17)25-23(27)18-7-9-20(10-8-18)30(28,29)26-19-11-13-24-14-12-19/h2-14,16,21-22H,15H2,1H3,(H,24,26)(H,25,27). The summed E-state index contributed by atoms with van der Waals surface area (Å²) >= 11 is 0. The van der Waals surface area contributed by atoms with Crippen molar-refractivity contribution in [1.82, 2.24) is 10.3 Å². The van der Waals surface area contributed by atoms with Gasteiger partial charge in [0.2, 0.25) is 0 Å². The van der Waals surface area contributed by atoms with E-state index in [0.717, 1.165) is 12.0 Å². The number of nitrogens with one attached hydrogen (secondary N) is 2. The van der Waals surface area contributed by atoms with E-state index in [2.05, 4.69) is 21.9 Å². The van der Waals surface area contributed by atoms with Crippen LogP contribution in [0.4, 0.5) is 5.69 Å². The highest BCUT2D eigenvalue weighted by Crippen LogP contribution is 2.47. The Morgan fingerprint density at radius 3 is 2.23 bits per heavy atom. The van der Waals surface area contributed by atoms with Crippen LogP contribution >= 0.6 is 0 Å². The van der Waals surface area contributed by atoms with Gasteiger partial charge in [-0.3, -0.25) is 14.5 Å². The number of anilines is 1. The van der Waals surface area contributed by atoms with Gasteiger partial charge in [0, 0.05) is 18.0 Å². The fourth-order valence-corrected chi connectivity index (χ4v) is 4.62. The van der Waals surface area contributed by atoms with E-state index in [1.54, 1.807) is 12.1 Å². The Labute approximate surface area is 176 Å². The SMILES string of the molecule is CC1CC1C(NC(=O)c1ccc(S(=O)(=O)Nc2ccncc2)cc1)c1ccccc1. The minimum absolute atomic E-state index is 0.0505. The molecule has 0 spiro atoms. The quantitative estimate of drug-likeness (QED) is 0.603. The first-order valence-corrected chi connectivity index (χ1v) is 11.3. The zero-order valence-corrected chi connectivity index (χ0v) is 17.3. The topological polar surface area (TPSA) is 88.2 Å². The van der Waals surface area contributed by atoms with Gasteiger partial charge in [0.15, 0.2) is 0 Å². The molecule has 1 aliphatic rings. The van der Waals surface area contributed by atoms with Gasteiger partial charge in [-0.05, 0) is 60.2 Å². The van der Waals surface area contributed by atoms with Crippen molar-refractivity contribution in [2.45, 2.75) is 24.3 Å². The van der Waals surface area contributed by atoms with E-state index in [-0.39, 0.29) is 16.8 Å². The van der Waals surface area contributed by atoms with Crippen LogP contribution in [0.5, 0.6) is 0 Å². The zero-order chi connectivity index (χ0) is 21.1. The smallest absolute Gasteiger partial charge is 0.261 e. The molecule has 2 N–H and O–H groups in total.